The number of hydrazone groups is 1. The number of nitrogens with one attached hydrogen (secondary N) is 1. The van der Waals surface area contributed by atoms with Crippen LogP contribution in [0.15, 0.2) is 47.6 Å². The molecule has 0 bridgehead atoms. The van der Waals surface area contributed by atoms with E-state index in [-0.39, 0.29) is 18.2 Å². The van der Waals surface area contributed by atoms with Gasteiger partial charge in [0.2, 0.25) is 5.91 Å². The van der Waals surface area contributed by atoms with Crippen molar-refractivity contribution in [2.24, 2.45) is 10.8 Å². The number of carbonyl (C=O) groups is 2. The molecule has 3 rings (SSSR count). The van der Waals surface area contributed by atoms with E-state index in [0.29, 0.717) is 42.4 Å². The molecule has 2 amide bonds. The lowest BCUT2D eigenvalue weighted by Gasteiger charge is -2.24. The fourth-order valence-electron chi connectivity index (χ4n) is 2.87. The van der Waals surface area contributed by atoms with Gasteiger partial charge in [-0.15, -0.1) is 0 Å². The lowest BCUT2D eigenvalue weighted by Crippen LogP contribution is -2.36. The molecule has 0 radical (unpaired) electrons. The Hall–Kier alpha value is -3.19. The van der Waals surface area contributed by atoms with E-state index < -0.39 is 0 Å². The number of hydrogen-bond donors (Lipinski definition) is 2. The normalized spacial score (nSPS) is 13.9. The van der Waals surface area contributed by atoms with Crippen LogP contribution in [0.2, 0.25) is 0 Å². The molecule has 28 heavy (non-hydrogen) atoms. The summed E-state index contributed by atoms with van der Waals surface area (Å²) >= 11 is 0. The van der Waals surface area contributed by atoms with Crippen LogP contribution in [0, 0.1) is 13.8 Å². The second kappa shape index (κ2) is 8.67. The lowest BCUT2D eigenvalue weighted by molar-refractivity contribution is -0.118. The number of nitrogens with two attached hydrogens (primary N) is 1. The predicted octanol–water partition coefficient (Wildman–Crippen LogP) is 2.76. The number of amides is 2. The summed E-state index contributed by atoms with van der Waals surface area (Å²) in [4.78, 5) is 25.0. The fourth-order valence-corrected chi connectivity index (χ4v) is 2.87. The average Bonchev–Trinajstić information content (AvgIpc) is 2.69. The van der Waals surface area contributed by atoms with E-state index in [4.69, 9.17) is 10.5 Å². The van der Waals surface area contributed by atoms with E-state index in [1.54, 1.807) is 24.3 Å². The molecule has 3 N–H and O–H groups in total. The van der Waals surface area contributed by atoms with Gasteiger partial charge in [-0.3, -0.25) is 9.59 Å². The quantitative estimate of drug-likeness (QED) is 0.805. The van der Waals surface area contributed by atoms with Gasteiger partial charge >= 0.3 is 0 Å². The smallest absolute Gasteiger partial charge is 0.271 e. The van der Waals surface area contributed by atoms with Crippen molar-refractivity contribution in [2.45, 2.75) is 26.7 Å². The molecule has 0 saturated carbocycles. The first-order chi connectivity index (χ1) is 13.5. The van der Waals surface area contributed by atoms with E-state index in [2.05, 4.69) is 10.4 Å². The second-order valence-corrected chi connectivity index (χ2v) is 6.66. The number of anilines is 2. The van der Waals surface area contributed by atoms with Gasteiger partial charge in [0.15, 0.2) is 0 Å². The summed E-state index contributed by atoms with van der Waals surface area (Å²) in [7, 11) is 0. The van der Waals surface area contributed by atoms with Gasteiger partial charge in [-0.2, -0.15) is 5.10 Å². The van der Waals surface area contributed by atoms with E-state index in [9.17, 15) is 9.59 Å². The second-order valence-electron chi connectivity index (χ2n) is 6.66. The van der Waals surface area contributed by atoms with Crippen molar-refractivity contribution in [3.8, 4) is 5.75 Å². The molecule has 2 aromatic rings. The molecule has 146 valence electrons. The van der Waals surface area contributed by atoms with Crippen molar-refractivity contribution >= 4 is 28.9 Å². The Morgan fingerprint density at radius 1 is 1.18 bits per heavy atom. The van der Waals surface area contributed by atoms with Crippen molar-refractivity contribution in [2.75, 3.05) is 23.5 Å². The first-order valence-electron chi connectivity index (χ1n) is 9.20. The minimum absolute atomic E-state index is 0.119. The molecular formula is C21H24N4O3. The fraction of sp³-hybridized carbons (Fsp3) is 0.286. The number of benzene rings is 2. The number of aryl methyl sites for hydroxylation is 2. The predicted molar refractivity (Wildman–Crippen MR) is 110 cm³/mol. The summed E-state index contributed by atoms with van der Waals surface area (Å²) in [6.07, 6.45) is 0.551. The van der Waals surface area contributed by atoms with E-state index in [1.807, 2.05) is 32.0 Å². The van der Waals surface area contributed by atoms with E-state index in [0.717, 1.165) is 11.1 Å². The molecule has 0 fully saturated rings. The Balaban J connectivity index is 1.75. The van der Waals surface area contributed by atoms with Crippen molar-refractivity contribution in [3.05, 3.63) is 53.6 Å². The SMILES string of the molecule is Cc1ccc(C)c(N2N=C(C(=O)Nc3ccc(OCCN)cc3)CCC2=O)c1. The zero-order valence-corrected chi connectivity index (χ0v) is 16.1. The van der Waals surface area contributed by atoms with Crippen molar-refractivity contribution in [1.82, 2.24) is 0 Å². The third-order valence-corrected chi connectivity index (χ3v) is 4.39. The summed E-state index contributed by atoms with van der Waals surface area (Å²) in [5.74, 6) is 0.246. The standard InChI is InChI=1S/C21H24N4O3/c1-14-3-4-15(2)19(13-14)25-20(26)10-9-18(24-25)21(27)23-16-5-7-17(8-6-16)28-12-11-22/h3-8,13H,9-12,22H2,1-2H3,(H,23,27). The van der Waals surface area contributed by atoms with Gasteiger partial charge in [0.25, 0.3) is 5.91 Å². The Morgan fingerprint density at radius 3 is 2.64 bits per heavy atom. The average molecular weight is 380 g/mol. The van der Waals surface area contributed by atoms with Crippen LogP contribution in [0.5, 0.6) is 5.75 Å². The molecule has 7 nitrogen and oxygen atoms in total. The van der Waals surface area contributed by atoms with Gasteiger partial charge < -0.3 is 15.8 Å². The van der Waals surface area contributed by atoms with Crippen molar-refractivity contribution in [1.29, 1.82) is 0 Å². The Bertz CT molecular complexity index is 906. The topological polar surface area (TPSA) is 97.0 Å². The van der Waals surface area contributed by atoms with Gasteiger partial charge in [0.1, 0.15) is 18.1 Å². The summed E-state index contributed by atoms with van der Waals surface area (Å²) in [5.41, 5.74) is 9.02. The highest BCUT2D eigenvalue weighted by Crippen LogP contribution is 2.25. The highest BCUT2D eigenvalue weighted by atomic mass is 16.5. The Morgan fingerprint density at radius 2 is 1.93 bits per heavy atom. The van der Waals surface area contributed by atoms with Crippen LogP contribution in [-0.2, 0) is 9.59 Å². The minimum Gasteiger partial charge on any atom is -0.492 e. The molecular weight excluding hydrogens is 356 g/mol. The monoisotopic (exact) mass is 380 g/mol. The molecule has 0 spiro atoms. The van der Waals surface area contributed by atoms with E-state index >= 15 is 0 Å². The molecule has 0 unspecified atom stereocenters. The molecule has 1 aliphatic heterocycles. The van der Waals surface area contributed by atoms with Gasteiger partial charge in [0, 0.05) is 25.1 Å². The van der Waals surface area contributed by atoms with Crippen molar-refractivity contribution < 1.29 is 14.3 Å². The van der Waals surface area contributed by atoms with Crippen LogP contribution >= 0.6 is 0 Å². The van der Waals surface area contributed by atoms with Crippen LogP contribution in [0.1, 0.15) is 24.0 Å². The summed E-state index contributed by atoms with van der Waals surface area (Å²) in [6.45, 7) is 4.74. The number of nitrogens with zero attached hydrogens (tertiary/aromatic N) is 2. The number of hydrogen-bond acceptors (Lipinski definition) is 5. The van der Waals surface area contributed by atoms with Crippen LogP contribution in [0.4, 0.5) is 11.4 Å². The zero-order chi connectivity index (χ0) is 20.1. The third kappa shape index (κ3) is 4.55. The van der Waals surface area contributed by atoms with Crippen LogP contribution in [0.25, 0.3) is 0 Å². The molecule has 0 aliphatic carbocycles. The molecule has 0 saturated heterocycles. The molecule has 7 heteroatoms. The number of rotatable bonds is 6. The first-order valence-corrected chi connectivity index (χ1v) is 9.20. The maximum absolute atomic E-state index is 12.6. The lowest BCUT2D eigenvalue weighted by atomic mass is 10.1. The Kier molecular flexibility index (Phi) is 6.06. The van der Waals surface area contributed by atoms with Gasteiger partial charge in [0.05, 0.1) is 5.69 Å². The van der Waals surface area contributed by atoms with Gasteiger partial charge in [-0.05, 0) is 55.3 Å². The highest BCUT2D eigenvalue weighted by molar-refractivity contribution is 6.44. The van der Waals surface area contributed by atoms with Crippen molar-refractivity contribution in [3.63, 3.8) is 0 Å². The number of ether oxygens (including phenoxy) is 1. The maximum atomic E-state index is 12.6. The molecule has 0 aromatic heterocycles. The molecule has 1 aliphatic rings. The maximum Gasteiger partial charge on any atom is 0.271 e. The van der Waals surface area contributed by atoms with Gasteiger partial charge in [-0.25, -0.2) is 5.01 Å². The minimum atomic E-state index is -0.321. The van der Waals surface area contributed by atoms with Gasteiger partial charge in [-0.1, -0.05) is 12.1 Å². The Labute approximate surface area is 164 Å². The van der Waals surface area contributed by atoms with Crippen LogP contribution < -0.4 is 20.8 Å². The third-order valence-electron chi connectivity index (χ3n) is 4.39. The summed E-state index contributed by atoms with van der Waals surface area (Å²) in [6, 6.07) is 12.8. The molecule has 0 atom stereocenters. The van der Waals surface area contributed by atoms with Crippen LogP contribution in [0.3, 0.4) is 0 Å². The summed E-state index contributed by atoms with van der Waals surface area (Å²) < 4.78 is 5.42. The number of carbonyl (C=O) groups excluding carboxylic acids is 2. The zero-order valence-electron chi connectivity index (χ0n) is 16.1. The largest absolute Gasteiger partial charge is 0.492 e. The van der Waals surface area contributed by atoms with E-state index in [1.165, 1.54) is 5.01 Å². The highest BCUT2D eigenvalue weighted by Gasteiger charge is 2.26. The first kappa shape index (κ1) is 19.6. The molecule has 2 aromatic carbocycles. The summed E-state index contributed by atoms with van der Waals surface area (Å²) in [5, 5.41) is 8.50. The molecule has 1 heterocycles. The van der Waals surface area contributed by atoms with Crippen LogP contribution in [-0.4, -0.2) is 30.7 Å².